The van der Waals surface area contributed by atoms with Gasteiger partial charge in [0.05, 0.1) is 21.3 Å². The highest BCUT2D eigenvalue weighted by Crippen LogP contribution is 2.36. The Kier molecular flexibility index (Phi) is 4.14. The van der Waals surface area contributed by atoms with Gasteiger partial charge in [-0.1, -0.05) is 34.8 Å². The Morgan fingerprint density at radius 3 is 2.47 bits per heavy atom. The molecule has 1 heterocycles. The van der Waals surface area contributed by atoms with E-state index in [0.717, 1.165) is 0 Å². The minimum atomic E-state index is -1.13. The number of halogens is 3. The number of nitrogens with zero attached hydrogens (tertiary/aromatic N) is 1. The highest BCUT2D eigenvalue weighted by molar-refractivity contribution is 6.43. The molecule has 1 N–H and O–H groups in total. The normalized spacial score (nSPS) is 10.3. The second-order valence-electron chi connectivity index (χ2n) is 3.48. The van der Waals surface area contributed by atoms with Crippen molar-refractivity contribution in [3.05, 3.63) is 51.2 Å². The highest BCUT2D eigenvalue weighted by Gasteiger charge is 2.14. The number of aromatic nitrogens is 1. The molecule has 0 unspecified atom stereocenters. The van der Waals surface area contributed by atoms with Crippen LogP contribution in [0.2, 0.25) is 15.1 Å². The molecule has 0 saturated carbocycles. The molecule has 2 rings (SSSR count). The Morgan fingerprint density at radius 2 is 1.79 bits per heavy atom. The zero-order chi connectivity index (χ0) is 14.0. The zero-order valence-corrected chi connectivity index (χ0v) is 11.5. The number of aromatic carboxylic acids is 1. The highest BCUT2D eigenvalue weighted by atomic mass is 35.5. The van der Waals surface area contributed by atoms with Gasteiger partial charge >= 0.3 is 5.97 Å². The number of hydrogen-bond donors (Lipinski definition) is 1. The number of carboxylic acid groups (broad SMARTS) is 1. The Hall–Kier alpha value is -1.49. The van der Waals surface area contributed by atoms with E-state index in [0.29, 0.717) is 0 Å². The lowest BCUT2D eigenvalue weighted by Gasteiger charge is -2.10. The quantitative estimate of drug-likeness (QED) is 0.844. The number of carboxylic acids is 1. The van der Waals surface area contributed by atoms with Gasteiger partial charge < -0.3 is 9.84 Å². The molecule has 0 amide bonds. The summed E-state index contributed by atoms with van der Waals surface area (Å²) in [6.07, 6.45) is 2.63. The van der Waals surface area contributed by atoms with Crippen LogP contribution in [0.15, 0.2) is 30.6 Å². The van der Waals surface area contributed by atoms with Crippen LogP contribution in [0.4, 0.5) is 0 Å². The number of rotatable bonds is 3. The maximum atomic E-state index is 11.0. The third-order valence-corrected chi connectivity index (χ3v) is 3.23. The molecule has 0 fully saturated rings. The molecule has 0 spiro atoms. The van der Waals surface area contributed by atoms with Crippen molar-refractivity contribution in [1.29, 1.82) is 0 Å². The molecule has 1 aromatic heterocycles. The van der Waals surface area contributed by atoms with E-state index in [1.165, 1.54) is 30.6 Å². The first-order valence-corrected chi connectivity index (χ1v) is 6.12. The number of ether oxygens (including phenoxy) is 1. The van der Waals surface area contributed by atoms with Crippen molar-refractivity contribution in [2.75, 3.05) is 0 Å². The first kappa shape index (κ1) is 13.9. The summed E-state index contributed by atoms with van der Waals surface area (Å²) in [6, 6.07) is 4.14. The summed E-state index contributed by atoms with van der Waals surface area (Å²) in [5, 5.41) is 9.77. The largest absolute Gasteiger partial charge is 0.478 e. The fraction of sp³-hybridized carbons (Fsp3) is 0. The third kappa shape index (κ3) is 3.10. The monoisotopic (exact) mass is 317 g/mol. The predicted molar refractivity (Wildman–Crippen MR) is 72.7 cm³/mol. The summed E-state index contributed by atoms with van der Waals surface area (Å²) < 4.78 is 5.42. The fourth-order valence-electron chi connectivity index (χ4n) is 1.34. The lowest BCUT2D eigenvalue weighted by Crippen LogP contribution is -2.00. The third-order valence-electron chi connectivity index (χ3n) is 2.21. The number of benzene rings is 1. The van der Waals surface area contributed by atoms with E-state index in [1.54, 1.807) is 0 Å². The first-order chi connectivity index (χ1) is 8.99. The standard InChI is InChI=1S/C12H6Cl3NO3/c13-7-3-9(15)10(4-8(7)14)19-11-5-16-2-1-6(11)12(17)18/h1-5H,(H,17,18). The van der Waals surface area contributed by atoms with Gasteiger partial charge in [0.25, 0.3) is 0 Å². The minimum Gasteiger partial charge on any atom is -0.478 e. The molecule has 0 radical (unpaired) electrons. The van der Waals surface area contributed by atoms with Crippen LogP contribution in [0, 0.1) is 0 Å². The van der Waals surface area contributed by atoms with Crippen LogP contribution in [-0.2, 0) is 0 Å². The molecule has 19 heavy (non-hydrogen) atoms. The molecule has 0 bridgehead atoms. The average Bonchev–Trinajstić information content (AvgIpc) is 2.36. The molecule has 2 aromatic rings. The van der Waals surface area contributed by atoms with Gasteiger partial charge in [-0.2, -0.15) is 0 Å². The summed E-state index contributed by atoms with van der Waals surface area (Å²) in [5.41, 5.74) is -0.0304. The van der Waals surface area contributed by atoms with Crippen LogP contribution in [0.5, 0.6) is 11.5 Å². The summed E-state index contributed by atoms with van der Waals surface area (Å²) in [4.78, 5) is 14.8. The maximum absolute atomic E-state index is 11.0. The van der Waals surface area contributed by atoms with Crippen molar-refractivity contribution in [1.82, 2.24) is 4.98 Å². The van der Waals surface area contributed by atoms with Crippen LogP contribution >= 0.6 is 34.8 Å². The van der Waals surface area contributed by atoms with Crippen molar-refractivity contribution in [2.24, 2.45) is 0 Å². The Bertz CT molecular complexity index is 646. The molecule has 98 valence electrons. The van der Waals surface area contributed by atoms with Gasteiger partial charge in [-0.05, 0) is 12.1 Å². The van der Waals surface area contributed by atoms with Gasteiger partial charge in [-0.15, -0.1) is 0 Å². The maximum Gasteiger partial charge on any atom is 0.339 e. The molecule has 0 aliphatic heterocycles. The molecule has 0 aliphatic rings. The van der Waals surface area contributed by atoms with Crippen LogP contribution < -0.4 is 4.74 Å². The number of carbonyl (C=O) groups is 1. The molecule has 0 aliphatic carbocycles. The first-order valence-electron chi connectivity index (χ1n) is 4.98. The number of hydrogen-bond acceptors (Lipinski definition) is 3. The Labute approximate surface area is 123 Å². The fourth-order valence-corrected chi connectivity index (χ4v) is 1.91. The Balaban J connectivity index is 2.42. The molecule has 4 nitrogen and oxygen atoms in total. The minimum absolute atomic E-state index is 0.0304. The summed E-state index contributed by atoms with van der Waals surface area (Å²) in [6.45, 7) is 0. The second-order valence-corrected chi connectivity index (χ2v) is 4.70. The van der Waals surface area contributed by atoms with Crippen molar-refractivity contribution >= 4 is 40.8 Å². The van der Waals surface area contributed by atoms with E-state index in [9.17, 15) is 4.79 Å². The molecular formula is C12H6Cl3NO3. The Morgan fingerprint density at radius 1 is 1.11 bits per heavy atom. The van der Waals surface area contributed by atoms with E-state index in [1.807, 2.05) is 0 Å². The van der Waals surface area contributed by atoms with E-state index in [-0.39, 0.29) is 32.1 Å². The van der Waals surface area contributed by atoms with Crippen LogP contribution in [0.1, 0.15) is 10.4 Å². The molecule has 0 saturated heterocycles. The number of pyridine rings is 1. The molecule has 7 heteroatoms. The molecule has 1 aromatic carbocycles. The SMILES string of the molecule is O=C(O)c1ccncc1Oc1cc(Cl)c(Cl)cc1Cl. The van der Waals surface area contributed by atoms with Crippen LogP contribution in [-0.4, -0.2) is 16.1 Å². The van der Waals surface area contributed by atoms with Crippen LogP contribution in [0.25, 0.3) is 0 Å². The molecular weight excluding hydrogens is 312 g/mol. The second kappa shape index (κ2) is 5.65. The zero-order valence-electron chi connectivity index (χ0n) is 9.23. The van der Waals surface area contributed by atoms with Gasteiger partial charge in [0, 0.05) is 12.3 Å². The van der Waals surface area contributed by atoms with Crippen LogP contribution in [0.3, 0.4) is 0 Å². The lowest BCUT2D eigenvalue weighted by molar-refractivity contribution is 0.0694. The topological polar surface area (TPSA) is 59.4 Å². The van der Waals surface area contributed by atoms with Gasteiger partial charge in [0.2, 0.25) is 0 Å². The van der Waals surface area contributed by atoms with E-state index < -0.39 is 5.97 Å². The average molecular weight is 319 g/mol. The van der Waals surface area contributed by atoms with Gasteiger partial charge in [-0.25, -0.2) is 4.79 Å². The van der Waals surface area contributed by atoms with Crippen molar-refractivity contribution in [2.45, 2.75) is 0 Å². The van der Waals surface area contributed by atoms with Crippen molar-refractivity contribution in [3.8, 4) is 11.5 Å². The van der Waals surface area contributed by atoms with Gasteiger partial charge in [0.15, 0.2) is 5.75 Å². The van der Waals surface area contributed by atoms with Crippen molar-refractivity contribution < 1.29 is 14.6 Å². The lowest BCUT2D eigenvalue weighted by atomic mass is 10.2. The summed E-state index contributed by atoms with van der Waals surface area (Å²) in [5.74, 6) is -0.865. The summed E-state index contributed by atoms with van der Waals surface area (Å²) in [7, 11) is 0. The van der Waals surface area contributed by atoms with E-state index in [2.05, 4.69) is 4.98 Å². The summed E-state index contributed by atoms with van der Waals surface area (Å²) >= 11 is 17.6. The van der Waals surface area contributed by atoms with E-state index in [4.69, 9.17) is 44.6 Å². The van der Waals surface area contributed by atoms with Crippen molar-refractivity contribution in [3.63, 3.8) is 0 Å². The predicted octanol–water partition coefficient (Wildman–Crippen LogP) is 4.53. The van der Waals surface area contributed by atoms with Gasteiger partial charge in [-0.3, -0.25) is 4.98 Å². The van der Waals surface area contributed by atoms with E-state index >= 15 is 0 Å². The molecule has 0 atom stereocenters. The van der Waals surface area contributed by atoms with Gasteiger partial charge in [0.1, 0.15) is 11.3 Å². The smallest absolute Gasteiger partial charge is 0.339 e.